The van der Waals surface area contributed by atoms with Crippen LogP contribution >= 0.6 is 12.4 Å². The Kier molecular flexibility index (Phi) is 6.44. The Bertz CT molecular complexity index is 259. The molecule has 1 aliphatic heterocycles. The molecule has 2 aliphatic rings. The Morgan fingerprint density at radius 1 is 1.22 bits per heavy atom. The van der Waals surface area contributed by atoms with E-state index >= 15 is 0 Å². The molecule has 0 aromatic rings. The Morgan fingerprint density at radius 3 is 2.39 bits per heavy atom. The first-order valence-electron chi connectivity index (χ1n) is 7.17. The monoisotopic (exact) mass is 275 g/mol. The summed E-state index contributed by atoms with van der Waals surface area (Å²) in [6.07, 6.45) is 8.30. The highest BCUT2D eigenvalue weighted by molar-refractivity contribution is 5.85. The number of carbonyl (C=O) groups is 1. The molecule has 1 saturated carbocycles. The van der Waals surface area contributed by atoms with Crippen molar-refractivity contribution in [1.82, 2.24) is 5.32 Å². The first-order chi connectivity index (χ1) is 8.29. The minimum absolute atomic E-state index is 0. The molecule has 0 atom stereocenters. The molecule has 1 heterocycles. The van der Waals surface area contributed by atoms with E-state index in [1.54, 1.807) is 0 Å². The molecule has 3 nitrogen and oxygen atoms in total. The maximum absolute atomic E-state index is 12.4. The van der Waals surface area contributed by atoms with Crippen LogP contribution in [0.3, 0.4) is 0 Å². The molecule has 1 N–H and O–H groups in total. The van der Waals surface area contributed by atoms with Gasteiger partial charge >= 0.3 is 5.97 Å². The fraction of sp³-hybridized carbons (Fsp3) is 0.929. The van der Waals surface area contributed by atoms with Crippen molar-refractivity contribution in [3.05, 3.63) is 0 Å². The zero-order valence-corrected chi connectivity index (χ0v) is 12.2. The Hall–Kier alpha value is -0.280. The number of carbonyl (C=O) groups excluding carboxylic acids is 1. The molecule has 2 rings (SSSR count). The van der Waals surface area contributed by atoms with Crippen molar-refractivity contribution in [2.45, 2.75) is 51.9 Å². The van der Waals surface area contributed by atoms with Crippen LogP contribution in [-0.2, 0) is 9.53 Å². The fourth-order valence-corrected chi connectivity index (χ4v) is 3.58. The highest BCUT2D eigenvalue weighted by Crippen LogP contribution is 2.45. The van der Waals surface area contributed by atoms with Gasteiger partial charge in [0.1, 0.15) is 0 Å². The van der Waals surface area contributed by atoms with E-state index in [-0.39, 0.29) is 23.8 Å². The van der Waals surface area contributed by atoms with Gasteiger partial charge in [-0.1, -0.05) is 19.3 Å². The van der Waals surface area contributed by atoms with Gasteiger partial charge in [-0.05, 0) is 51.6 Å². The number of piperidine rings is 1. The maximum atomic E-state index is 12.4. The van der Waals surface area contributed by atoms with Crippen LogP contribution in [0.2, 0.25) is 0 Å². The van der Waals surface area contributed by atoms with Crippen LogP contribution in [0, 0.1) is 11.3 Å². The Morgan fingerprint density at radius 2 is 1.83 bits per heavy atom. The highest BCUT2D eigenvalue weighted by atomic mass is 35.5. The predicted octanol–water partition coefficient (Wildman–Crippen LogP) is 2.92. The molecule has 0 bridgehead atoms. The third-order valence-electron chi connectivity index (χ3n) is 4.56. The lowest BCUT2D eigenvalue weighted by atomic mass is 9.64. The van der Waals surface area contributed by atoms with Crippen molar-refractivity contribution >= 4 is 18.4 Å². The van der Waals surface area contributed by atoms with E-state index in [1.165, 1.54) is 32.1 Å². The van der Waals surface area contributed by atoms with Crippen LogP contribution < -0.4 is 5.32 Å². The molecule has 1 aliphatic carbocycles. The van der Waals surface area contributed by atoms with Gasteiger partial charge in [-0.2, -0.15) is 0 Å². The SMILES string of the molecule is CCOC(=O)C1(C2CCCCC2)CCNCC1.Cl. The average molecular weight is 276 g/mol. The van der Waals surface area contributed by atoms with Crippen molar-refractivity contribution in [3.63, 3.8) is 0 Å². The molecule has 0 aromatic heterocycles. The van der Waals surface area contributed by atoms with Crippen molar-refractivity contribution in [2.75, 3.05) is 19.7 Å². The summed E-state index contributed by atoms with van der Waals surface area (Å²) in [6, 6.07) is 0. The van der Waals surface area contributed by atoms with E-state index < -0.39 is 0 Å². The molecule has 106 valence electrons. The van der Waals surface area contributed by atoms with E-state index in [1.807, 2.05) is 6.92 Å². The number of nitrogens with one attached hydrogen (secondary N) is 1. The van der Waals surface area contributed by atoms with Gasteiger partial charge in [0.15, 0.2) is 0 Å². The zero-order valence-electron chi connectivity index (χ0n) is 11.4. The third-order valence-corrected chi connectivity index (χ3v) is 4.56. The van der Waals surface area contributed by atoms with Crippen LogP contribution in [0.25, 0.3) is 0 Å². The molecule has 18 heavy (non-hydrogen) atoms. The van der Waals surface area contributed by atoms with Gasteiger partial charge < -0.3 is 10.1 Å². The average Bonchev–Trinajstić information content (AvgIpc) is 2.41. The van der Waals surface area contributed by atoms with Crippen LogP contribution in [0.15, 0.2) is 0 Å². The molecule has 2 fully saturated rings. The lowest BCUT2D eigenvalue weighted by molar-refractivity contribution is -0.162. The molecule has 0 radical (unpaired) electrons. The number of hydrogen-bond acceptors (Lipinski definition) is 3. The Labute approximate surface area is 116 Å². The molecule has 0 unspecified atom stereocenters. The lowest BCUT2D eigenvalue weighted by Gasteiger charge is -2.43. The van der Waals surface area contributed by atoms with Gasteiger partial charge in [0.05, 0.1) is 12.0 Å². The molecular weight excluding hydrogens is 250 g/mol. The van der Waals surface area contributed by atoms with Crippen molar-refractivity contribution in [1.29, 1.82) is 0 Å². The fourth-order valence-electron chi connectivity index (χ4n) is 3.58. The second-order valence-electron chi connectivity index (χ2n) is 5.46. The van der Waals surface area contributed by atoms with Gasteiger partial charge in [0, 0.05) is 0 Å². The summed E-state index contributed by atoms with van der Waals surface area (Å²) in [5, 5.41) is 3.37. The summed E-state index contributed by atoms with van der Waals surface area (Å²) in [4.78, 5) is 12.4. The molecule has 0 amide bonds. The topological polar surface area (TPSA) is 38.3 Å². The van der Waals surface area contributed by atoms with Crippen LogP contribution in [0.4, 0.5) is 0 Å². The third kappa shape index (κ3) is 3.18. The standard InChI is InChI=1S/C14H25NO2.ClH/c1-2-17-13(16)14(8-10-15-11-9-14)12-6-4-3-5-7-12;/h12,15H,2-11H2,1H3;1H. The second-order valence-corrected chi connectivity index (χ2v) is 5.46. The van der Waals surface area contributed by atoms with Gasteiger partial charge in [-0.3, -0.25) is 4.79 Å². The largest absolute Gasteiger partial charge is 0.466 e. The maximum Gasteiger partial charge on any atom is 0.312 e. The van der Waals surface area contributed by atoms with Crippen molar-refractivity contribution in [3.8, 4) is 0 Å². The number of hydrogen-bond donors (Lipinski definition) is 1. The molecular formula is C14H26ClNO2. The van der Waals surface area contributed by atoms with E-state index in [0.717, 1.165) is 25.9 Å². The van der Waals surface area contributed by atoms with Gasteiger partial charge in [-0.15, -0.1) is 12.4 Å². The number of esters is 1. The normalized spacial score (nSPS) is 24.1. The van der Waals surface area contributed by atoms with Crippen molar-refractivity contribution in [2.24, 2.45) is 11.3 Å². The number of rotatable bonds is 3. The minimum Gasteiger partial charge on any atom is -0.466 e. The Balaban J connectivity index is 0.00000162. The van der Waals surface area contributed by atoms with Gasteiger partial charge in [-0.25, -0.2) is 0 Å². The summed E-state index contributed by atoms with van der Waals surface area (Å²) in [7, 11) is 0. The summed E-state index contributed by atoms with van der Waals surface area (Å²) >= 11 is 0. The lowest BCUT2D eigenvalue weighted by Crippen LogP contribution is -2.48. The van der Waals surface area contributed by atoms with Gasteiger partial charge in [0.2, 0.25) is 0 Å². The van der Waals surface area contributed by atoms with Crippen LogP contribution in [-0.4, -0.2) is 25.7 Å². The molecule has 0 aromatic carbocycles. The van der Waals surface area contributed by atoms with Crippen molar-refractivity contribution < 1.29 is 9.53 Å². The van der Waals surface area contributed by atoms with E-state index in [4.69, 9.17) is 4.74 Å². The summed E-state index contributed by atoms with van der Waals surface area (Å²) in [5.41, 5.74) is -0.165. The number of ether oxygens (including phenoxy) is 1. The van der Waals surface area contributed by atoms with Gasteiger partial charge in [0.25, 0.3) is 0 Å². The van der Waals surface area contributed by atoms with Crippen LogP contribution in [0.1, 0.15) is 51.9 Å². The molecule has 0 spiro atoms. The highest BCUT2D eigenvalue weighted by Gasteiger charge is 2.47. The smallest absolute Gasteiger partial charge is 0.312 e. The van der Waals surface area contributed by atoms with E-state index in [9.17, 15) is 4.79 Å². The number of halogens is 1. The predicted molar refractivity (Wildman–Crippen MR) is 75.0 cm³/mol. The second kappa shape index (κ2) is 7.34. The summed E-state index contributed by atoms with van der Waals surface area (Å²) in [5.74, 6) is 0.644. The minimum atomic E-state index is -0.165. The first kappa shape index (κ1) is 15.8. The zero-order chi connectivity index (χ0) is 12.1. The quantitative estimate of drug-likeness (QED) is 0.805. The van der Waals surface area contributed by atoms with Crippen LogP contribution in [0.5, 0.6) is 0 Å². The molecule has 1 saturated heterocycles. The van der Waals surface area contributed by atoms with E-state index in [2.05, 4.69) is 5.32 Å². The summed E-state index contributed by atoms with van der Waals surface area (Å²) < 4.78 is 5.37. The van der Waals surface area contributed by atoms with E-state index in [0.29, 0.717) is 12.5 Å². The first-order valence-corrected chi connectivity index (χ1v) is 7.17. The molecule has 4 heteroatoms. The summed E-state index contributed by atoms with van der Waals surface area (Å²) in [6.45, 7) is 4.36.